The van der Waals surface area contributed by atoms with Gasteiger partial charge in [-0.1, -0.05) is 0 Å². The van der Waals surface area contributed by atoms with Gasteiger partial charge in [0.1, 0.15) is 11.5 Å². The van der Waals surface area contributed by atoms with Gasteiger partial charge in [0.05, 0.1) is 17.0 Å². The molecule has 1 heterocycles. The Morgan fingerprint density at radius 3 is 2.85 bits per heavy atom. The highest BCUT2D eigenvalue weighted by atomic mass is 79.9. The summed E-state index contributed by atoms with van der Waals surface area (Å²) in [7, 11) is 1.66. The summed E-state index contributed by atoms with van der Waals surface area (Å²) >= 11 is 3.42. The normalized spacial score (nSPS) is 10.7. The molecule has 0 radical (unpaired) electrons. The molecule has 0 aliphatic carbocycles. The predicted octanol–water partition coefficient (Wildman–Crippen LogP) is 3.51. The zero-order chi connectivity index (χ0) is 9.42. The summed E-state index contributed by atoms with van der Waals surface area (Å²) in [5, 5.41) is 1.01. The minimum atomic E-state index is 0.843. The van der Waals surface area contributed by atoms with Crippen molar-refractivity contribution in [3.8, 4) is 5.75 Å². The molecule has 0 aliphatic heterocycles. The van der Waals surface area contributed by atoms with E-state index in [0.29, 0.717) is 0 Å². The van der Waals surface area contributed by atoms with Gasteiger partial charge < -0.3 is 9.15 Å². The van der Waals surface area contributed by atoms with Crippen molar-refractivity contribution in [1.29, 1.82) is 0 Å². The van der Waals surface area contributed by atoms with E-state index in [2.05, 4.69) is 15.9 Å². The Kier molecular flexibility index (Phi) is 2.04. The van der Waals surface area contributed by atoms with Gasteiger partial charge in [-0.05, 0) is 41.1 Å². The van der Waals surface area contributed by atoms with Crippen LogP contribution in [0.2, 0.25) is 0 Å². The Labute approximate surface area is 84.6 Å². The molecule has 0 atom stereocenters. The smallest absolute Gasteiger partial charge is 0.152 e. The van der Waals surface area contributed by atoms with Crippen molar-refractivity contribution in [2.75, 3.05) is 7.11 Å². The number of benzene rings is 1. The fourth-order valence-electron chi connectivity index (χ4n) is 1.37. The summed E-state index contributed by atoms with van der Waals surface area (Å²) in [6.45, 7) is 1.92. The van der Waals surface area contributed by atoms with Crippen LogP contribution in [0.5, 0.6) is 5.75 Å². The Hall–Kier alpha value is -0.960. The average Bonchev–Trinajstić information content (AvgIpc) is 2.48. The molecule has 3 heteroatoms. The number of fused-ring (bicyclic) bond motifs is 1. The van der Waals surface area contributed by atoms with Crippen LogP contribution in [0, 0.1) is 6.92 Å². The molecular weight excluding hydrogens is 232 g/mol. The number of aryl methyl sites for hydroxylation is 1. The van der Waals surface area contributed by atoms with Gasteiger partial charge in [0.25, 0.3) is 0 Å². The number of hydrogen-bond acceptors (Lipinski definition) is 2. The maximum Gasteiger partial charge on any atom is 0.152 e. The number of halogens is 1. The van der Waals surface area contributed by atoms with Gasteiger partial charge >= 0.3 is 0 Å². The van der Waals surface area contributed by atoms with E-state index < -0.39 is 0 Å². The molecule has 1 aromatic heterocycles. The first kappa shape index (κ1) is 8.63. The first-order valence-electron chi connectivity index (χ1n) is 3.95. The predicted molar refractivity (Wildman–Crippen MR) is 55.2 cm³/mol. The molecule has 1 aromatic carbocycles. The monoisotopic (exact) mass is 240 g/mol. The Morgan fingerprint density at radius 1 is 1.38 bits per heavy atom. The molecule has 2 nitrogen and oxygen atoms in total. The van der Waals surface area contributed by atoms with E-state index in [-0.39, 0.29) is 0 Å². The minimum absolute atomic E-state index is 0.843. The highest BCUT2D eigenvalue weighted by Crippen LogP contribution is 2.33. The van der Waals surface area contributed by atoms with E-state index in [1.54, 1.807) is 7.11 Å². The molecular formula is C10H9BrO2. The topological polar surface area (TPSA) is 22.4 Å². The molecule has 0 bridgehead atoms. The molecule has 0 amide bonds. The van der Waals surface area contributed by atoms with Gasteiger partial charge in [-0.15, -0.1) is 0 Å². The Bertz CT molecular complexity index is 445. The third-order valence-corrected chi connectivity index (χ3v) is 2.56. The highest BCUT2D eigenvalue weighted by Gasteiger charge is 2.08. The lowest BCUT2D eigenvalue weighted by molar-refractivity contribution is 0.419. The largest absolute Gasteiger partial charge is 0.496 e. The van der Waals surface area contributed by atoms with Crippen molar-refractivity contribution in [2.24, 2.45) is 0 Å². The van der Waals surface area contributed by atoms with Crippen LogP contribution in [-0.4, -0.2) is 7.11 Å². The lowest BCUT2D eigenvalue weighted by Gasteiger charge is -2.00. The molecule has 0 unspecified atom stereocenters. The second-order valence-corrected chi connectivity index (χ2v) is 3.70. The zero-order valence-corrected chi connectivity index (χ0v) is 9.01. The van der Waals surface area contributed by atoms with Crippen molar-refractivity contribution in [3.63, 3.8) is 0 Å². The maximum atomic E-state index is 5.51. The van der Waals surface area contributed by atoms with Crippen molar-refractivity contribution < 1.29 is 9.15 Å². The van der Waals surface area contributed by atoms with Crippen LogP contribution in [0.3, 0.4) is 0 Å². The fourth-order valence-corrected chi connectivity index (χ4v) is 1.79. The van der Waals surface area contributed by atoms with Crippen LogP contribution in [0.4, 0.5) is 0 Å². The van der Waals surface area contributed by atoms with E-state index in [0.717, 1.165) is 27.0 Å². The first-order chi connectivity index (χ1) is 6.22. The molecule has 68 valence electrons. The van der Waals surface area contributed by atoms with E-state index >= 15 is 0 Å². The number of furan rings is 1. The van der Waals surface area contributed by atoms with E-state index in [9.17, 15) is 0 Å². The van der Waals surface area contributed by atoms with Crippen LogP contribution >= 0.6 is 15.9 Å². The van der Waals surface area contributed by atoms with Gasteiger partial charge in [-0.25, -0.2) is 0 Å². The highest BCUT2D eigenvalue weighted by molar-refractivity contribution is 9.10. The third kappa shape index (κ3) is 1.33. The summed E-state index contributed by atoms with van der Waals surface area (Å²) in [6.07, 6.45) is 0. The van der Waals surface area contributed by atoms with Crippen LogP contribution in [0.15, 0.2) is 27.1 Å². The van der Waals surface area contributed by atoms with E-state index in [1.165, 1.54) is 0 Å². The second kappa shape index (κ2) is 3.07. The van der Waals surface area contributed by atoms with Crippen LogP contribution in [0.1, 0.15) is 5.76 Å². The quantitative estimate of drug-likeness (QED) is 0.762. The van der Waals surface area contributed by atoms with Crippen LogP contribution in [0.25, 0.3) is 11.0 Å². The molecule has 0 fully saturated rings. The SMILES string of the molecule is COc1ccc(Br)c2oc(C)cc12. The number of rotatable bonds is 1. The van der Waals surface area contributed by atoms with Crippen molar-refractivity contribution in [3.05, 3.63) is 28.4 Å². The standard InChI is InChI=1S/C10H9BrO2/c1-6-5-7-9(12-2)4-3-8(11)10(7)13-6/h3-5H,1-2H3. The third-order valence-electron chi connectivity index (χ3n) is 1.94. The molecule has 0 N–H and O–H groups in total. The molecule has 2 rings (SSSR count). The molecule has 0 saturated heterocycles. The lowest BCUT2D eigenvalue weighted by atomic mass is 10.2. The number of methoxy groups -OCH3 is 1. The summed E-state index contributed by atoms with van der Waals surface area (Å²) in [5.41, 5.74) is 0.844. The van der Waals surface area contributed by atoms with Gasteiger partial charge in [-0.2, -0.15) is 0 Å². The molecule has 13 heavy (non-hydrogen) atoms. The van der Waals surface area contributed by atoms with Gasteiger partial charge in [0.2, 0.25) is 0 Å². The summed E-state index contributed by atoms with van der Waals surface area (Å²) in [4.78, 5) is 0. The van der Waals surface area contributed by atoms with Gasteiger partial charge in [-0.3, -0.25) is 0 Å². The molecule has 0 saturated carbocycles. The van der Waals surface area contributed by atoms with E-state index in [1.807, 2.05) is 25.1 Å². The van der Waals surface area contributed by atoms with Crippen molar-refractivity contribution in [2.45, 2.75) is 6.92 Å². The maximum absolute atomic E-state index is 5.51. The van der Waals surface area contributed by atoms with Crippen LogP contribution in [-0.2, 0) is 0 Å². The lowest BCUT2D eigenvalue weighted by Crippen LogP contribution is -1.82. The number of hydrogen-bond donors (Lipinski definition) is 0. The summed E-state index contributed by atoms with van der Waals surface area (Å²) in [6, 6.07) is 5.81. The second-order valence-electron chi connectivity index (χ2n) is 2.85. The Morgan fingerprint density at radius 2 is 2.15 bits per heavy atom. The average molecular weight is 241 g/mol. The Balaban J connectivity index is 2.83. The van der Waals surface area contributed by atoms with E-state index in [4.69, 9.17) is 9.15 Å². The zero-order valence-electron chi connectivity index (χ0n) is 7.43. The van der Waals surface area contributed by atoms with Gasteiger partial charge in [0.15, 0.2) is 5.58 Å². The fraction of sp³-hybridized carbons (Fsp3) is 0.200. The van der Waals surface area contributed by atoms with Crippen LogP contribution < -0.4 is 4.74 Å². The summed E-state index contributed by atoms with van der Waals surface area (Å²) in [5.74, 6) is 1.73. The molecule has 0 aliphatic rings. The van der Waals surface area contributed by atoms with Crippen molar-refractivity contribution >= 4 is 26.9 Å². The molecule has 2 aromatic rings. The van der Waals surface area contributed by atoms with Gasteiger partial charge in [0, 0.05) is 0 Å². The molecule has 0 spiro atoms. The van der Waals surface area contributed by atoms with Crippen molar-refractivity contribution in [1.82, 2.24) is 0 Å². The number of ether oxygens (including phenoxy) is 1. The summed E-state index contributed by atoms with van der Waals surface area (Å²) < 4.78 is 11.7. The first-order valence-corrected chi connectivity index (χ1v) is 4.74. The minimum Gasteiger partial charge on any atom is -0.496 e.